The number of fused-ring (bicyclic) bond motifs is 1. The molecule has 1 heterocycles. The average Bonchev–Trinajstić information content (AvgIpc) is 2.95. The smallest absolute Gasteiger partial charge is 0.259 e. The highest BCUT2D eigenvalue weighted by Crippen LogP contribution is 2.30. The Bertz CT molecular complexity index is 836. The third-order valence-electron chi connectivity index (χ3n) is 4.06. The summed E-state index contributed by atoms with van der Waals surface area (Å²) in [6, 6.07) is 13.0. The second-order valence-electron chi connectivity index (χ2n) is 6.00. The Morgan fingerprint density at radius 1 is 1.15 bits per heavy atom. The number of carbonyl (C=O) groups is 1. The Morgan fingerprint density at radius 3 is 2.74 bits per heavy atom. The van der Waals surface area contributed by atoms with Crippen molar-refractivity contribution in [3.8, 4) is 17.2 Å². The van der Waals surface area contributed by atoms with Crippen LogP contribution in [0.25, 0.3) is 0 Å². The van der Waals surface area contributed by atoms with Crippen LogP contribution in [0.2, 0.25) is 0 Å². The van der Waals surface area contributed by atoms with Gasteiger partial charge in [-0.15, -0.1) is 0 Å². The van der Waals surface area contributed by atoms with Crippen molar-refractivity contribution >= 4 is 17.3 Å². The normalized spacial score (nSPS) is 13.5. The van der Waals surface area contributed by atoms with E-state index in [4.69, 9.17) is 14.2 Å². The van der Waals surface area contributed by atoms with Crippen LogP contribution in [0.3, 0.4) is 0 Å². The average molecular weight is 369 g/mol. The zero-order valence-corrected chi connectivity index (χ0v) is 15.5. The Labute approximate surface area is 158 Å². The Morgan fingerprint density at radius 2 is 1.93 bits per heavy atom. The lowest BCUT2D eigenvalue weighted by molar-refractivity contribution is -0.119. The molecule has 7 nitrogen and oxygen atoms in total. The second-order valence-corrected chi connectivity index (χ2v) is 6.00. The highest BCUT2D eigenvalue weighted by molar-refractivity contribution is 6.00. The number of amides is 1. The molecule has 1 amide bonds. The minimum absolute atomic E-state index is 0.0816. The Hall–Kier alpha value is -3.22. The summed E-state index contributed by atoms with van der Waals surface area (Å²) in [4.78, 5) is 12.1. The van der Waals surface area contributed by atoms with Crippen molar-refractivity contribution in [2.45, 2.75) is 13.3 Å². The van der Waals surface area contributed by atoms with Crippen molar-refractivity contribution in [1.29, 1.82) is 0 Å². The molecule has 3 rings (SSSR count). The number of ether oxygens (including phenoxy) is 3. The minimum atomic E-state index is -0.255. The number of carbonyl (C=O) groups excluding carboxylic acids is 1. The van der Waals surface area contributed by atoms with Crippen LogP contribution in [0.5, 0.6) is 17.2 Å². The van der Waals surface area contributed by atoms with E-state index >= 15 is 0 Å². The summed E-state index contributed by atoms with van der Waals surface area (Å²) in [5.41, 5.74) is 4.84. The quantitative estimate of drug-likeness (QED) is 0.604. The van der Waals surface area contributed by atoms with Gasteiger partial charge in [0.2, 0.25) is 0 Å². The molecule has 2 aromatic carbocycles. The Balaban J connectivity index is 1.58. The van der Waals surface area contributed by atoms with Crippen LogP contribution in [-0.2, 0) is 4.79 Å². The van der Waals surface area contributed by atoms with Gasteiger partial charge in [0.05, 0.1) is 38.3 Å². The fraction of sp³-hybridized carbons (Fsp3) is 0.300. The molecule has 0 saturated carbocycles. The molecule has 2 N–H and O–H groups in total. The summed E-state index contributed by atoms with van der Waals surface area (Å²) in [7, 11) is 1.59. The molecule has 1 aliphatic heterocycles. The number of hydrazone groups is 1. The predicted octanol–water partition coefficient (Wildman–Crippen LogP) is 2.81. The van der Waals surface area contributed by atoms with Crippen molar-refractivity contribution in [3.05, 3.63) is 48.0 Å². The van der Waals surface area contributed by atoms with Gasteiger partial charge in [0.15, 0.2) is 11.5 Å². The summed E-state index contributed by atoms with van der Waals surface area (Å²) >= 11 is 0. The van der Waals surface area contributed by atoms with Gasteiger partial charge in [-0.05, 0) is 37.3 Å². The molecule has 0 saturated heterocycles. The first kappa shape index (κ1) is 18.6. The number of hydrogen-bond acceptors (Lipinski definition) is 6. The number of benzene rings is 2. The summed E-state index contributed by atoms with van der Waals surface area (Å²) in [5, 5.41) is 7.20. The molecule has 0 aromatic heterocycles. The number of rotatable bonds is 6. The Kier molecular flexibility index (Phi) is 6.14. The molecule has 0 fully saturated rings. The van der Waals surface area contributed by atoms with Crippen LogP contribution in [0.15, 0.2) is 47.6 Å². The van der Waals surface area contributed by atoms with Crippen molar-refractivity contribution in [1.82, 2.24) is 5.43 Å². The largest absolute Gasteiger partial charge is 0.495 e. The standard InChI is InChI=1S/C20H23N3O4/c1-14(15-8-9-18-19(12-15)27-11-5-10-26-18)22-23-20(24)13-21-16-6-3-4-7-17(16)25-2/h3-4,6-9,12,21H,5,10-11,13H2,1-2H3,(H,23,24)/b22-14-. The van der Waals surface area contributed by atoms with Gasteiger partial charge >= 0.3 is 0 Å². The van der Waals surface area contributed by atoms with Gasteiger partial charge in [0, 0.05) is 12.0 Å². The van der Waals surface area contributed by atoms with Crippen molar-refractivity contribution in [2.75, 3.05) is 32.2 Å². The molecular weight excluding hydrogens is 346 g/mol. The van der Waals surface area contributed by atoms with E-state index in [9.17, 15) is 4.79 Å². The monoisotopic (exact) mass is 369 g/mol. The van der Waals surface area contributed by atoms with Crippen LogP contribution in [-0.4, -0.2) is 38.5 Å². The summed E-state index contributed by atoms with van der Waals surface area (Å²) in [6.45, 7) is 3.18. The highest BCUT2D eigenvalue weighted by atomic mass is 16.5. The van der Waals surface area contributed by atoms with E-state index in [0.29, 0.717) is 30.4 Å². The zero-order chi connectivity index (χ0) is 19.1. The van der Waals surface area contributed by atoms with Gasteiger partial charge in [-0.2, -0.15) is 5.10 Å². The molecule has 2 aromatic rings. The van der Waals surface area contributed by atoms with Crippen LogP contribution in [0.1, 0.15) is 18.9 Å². The van der Waals surface area contributed by atoms with Crippen molar-refractivity contribution < 1.29 is 19.0 Å². The lowest BCUT2D eigenvalue weighted by atomic mass is 10.1. The third-order valence-corrected chi connectivity index (χ3v) is 4.06. The van der Waals surface area contributed by atoms with E-state index in [0.717, 1.165) is 23.4 Å². The maximum Gasteiger partial charge on any atom is 0.259 e. The number of para-hydroxylation sites is 2. The second kappa shape index (κ2) is 8.93. The molecule has 142 valence electrons. The highest BCUT2D eigenvalue weighted by Gasteiger charge is 2.12. The summed E-state index contributed by atoms with van der Waals surface area (Å²) < 4.78 is 16.6. The third kappa shape index (κ3) is 4.91. The summed E-state index contributed by atoms with van der Waals surface area (Å²) in [6.07, 6.45) is 0.854. The van der Waals surface area contributed by atoms with Gasteiger partial charge in [-0.1, -0.05) is 12.1 Å². The van der Waals surface area contributed by atoms with Crippen molar-refractivity contribution in [3.63, 3.8) is 0 Å². The summed E-state index contributed by atoms with van der Waals surface area (Å²) in [5.74, 6) is 1.85. The fourth-order valence-corrected chi connectivity index (χ4v) is 2.60. The van der Waals surface area contributed by atoms with Gasteiger partial charge in [-0.25, -0.2) is 5.43 Å². The van der Waals surface area contributed by atoms with Gasteiger partial charge in [0.1, 0.15) is 5.75 Å². The van der Waals surface area contributed by atoms with Gasteiger partial charge in [-0.3, -0.25) is 4.79 Å². The van der Waals surface area contributed by atoms with E-state index in [1.165, 1.54) is 0 Å². The zero-order valence-electron chi connectivity index (χ0n) is 15.5. The predicted molar refractivity (Wildman–Crippen MR) is 104 cm³/mol. The number of nitrogens with zero attached hydrogens (tertiary/aromatic N) is 1. The van der Waals surface area contributed by atoms with Crippen molar-refractivity contribution in [2.24, 2.45) is 5.10 Å². The first-order valence-corrected chi connectivity index (χ1v) is 8.77. The lowest BCUT2D eigenvalue weighted by Gasteiger charge is -2.11. The number of hydrogen-bond donors (Lipinski definition) is 2. The molecule has 27 heavy (non-hydrogen) atoms. The molecule has 0 aliphatic carbocycles. The first-order valence-electron chi connectivity index (χ1n) is 8.77. The van der Waals surface area contributed by atoms with Gasteiger partial charge in [0.25, 0.3) is 5.91 Å². The SMILES string of the molecule is COc1ccccc1NCC(=O)N/N=C(/C)c1ccc2c(c1)OCCCO2. The van der Waals surface area contributed by atoms with Crippen LogP contribution in [0.4, 0.5) is 5.69 Å². The topological polar surface area (TPSA) is 81.2 Å². The molecule has 1 aliphatic rings. The molecule has 0 unspecified atom stereocenters. The fourth-order valence-electron chi connectivity index (χ4n) is 2.60. The van der Waals surface area contributed by atoms with Crippen LogP contribution >= 0.6 is 0 Å². The molecule has 0 spiro atoms. The van der Waals surface area contributed by atoms with E-state index < -0.39 is 0 Å². The molecular formula is C20H23N3O4. The number of anilines is 1. The van der Waals surface area contributed by atoms with E-state index in [1.807, 2.05) is 49.4 Å². The molecule has 0 radical (unpaired) electrons. The van der Waals surface area contributed by atoms with E-state index in [1.54, 1.807) is 7.11 Å². The minimum Gasteiger partial charge on any atom is -0.495 e. The van der Waals surface area contributed by atoms with E-state index in [-0.39, 0.29) is 12.5 Å². The number of methoxy groups -OCH3 is 1. The number of nitrogens with one attached hydrogen (secondary N) is 2. The van der Waals surface area contributed by atoms with Crippen LogP contribution < -0.4 is 25.0 Å². The van der Waals surface area contributed by atoms with E-state index in [2.05, 4.69) is 15.8 Å². The first-order chi connectivity index (χ1) is 13.2. The lowest BCUT2D eigenvalue weighted by Crippen LogP contribution is -2.26. The van der Waals surface area contributed by atoms with Gasteiger partial charge < -0.3 is 19.5 Å². The molecule has 0 bridgehead atoms. The maximum absolute atomic E-state index is 12.1. The maximum atomic E-state index is 12.1. The molecule has 0 atom stereocenters. The van der Waals surface area contributed by atoms with Crippen LogP contribution in [0, 0.1) is 0 Å². The molecule has 7 heteroatoms.